The van der Waals surface area contributed by atoms with Gasteiger partial charge in [0.15, 0.2) is 11.2 Å². The van der Waals surface area contributed by atoms with Gasteiger partial charge < -0.3 is 4.57 Å². The Labute approximate surface area is 218 Å². The first-order valence-corrected chi connectivity index (χ1v) is 14.2. The van der Waals surface area contributed by atoms with E-state index in [1.54, 1.807) is 24.3 Å². The van der Waals surface area contributed by atoms with Crippen molar-refractivity contribution >= 4 is 28.3 Å². The smallest absolute Gasteiger partial charge is 0.192 e. The highest BCUT2D eigenvalue weighted by atomic mass is 32.1. The van der Waals surface area contributed by atoms with E-state index in [4.69, 9.17) is 0 Å². The van der Waals surface area contributed by atoms with Crippen LogP contribution in [0.4, 0.5) is 0 Å². The van der Waals surface area contributed by atoms with Crippen LogP contribution in [-0.4, -0.2) is 10.4 Å². The first-order chi connectivity index (χ1) is 16.6. The zero-order valence-corrected chi connectivity index (χ0v) is 24.6. The molecule has 194 valence electrons. The molecule has 2 aromatic rings. The molecule has 1 aliphatic carbocycles. The second-order valence-electron chi connectivity index (χ2n) is 9.69. The molecule has 35 heavy (non-hydrogen) atoms. The van der Waals surface area contributed by atoms with Crippen LogP contribution in [-0.2, 0) is 0 Å². The number of carbonyl (C=O) groups is 1. The fourth-order valence-corrected chi connectivity index (χ4v) is 5.37. The van der Waals surface area contributed by atoms with Crippen LogP contribution in [0.15, 0.2) is 46.7 Å². The van der Waals surface area contributed by atoms with E-state index in [2.05, 4.69) is 63.3 Å². The largest absolute Gasteiger partial charge is 0.343 e. The van der Waals surface area contributed by atoms with Crippen molar-refractivity contribution in [3.05, 3.63) is 68.3 Å². The van der Waals surface area contributed by atoms with Gasteiger partial charge in [-0.25, -0.2) is 0 Å². The van der Waals surface area contributed by atoms with Crippen molar-refractivity contribution in [1.29, 1.82) is 0 Å². The lowest BCUT2D eigenvalue weighted by Crippen LogP contribution is -2.29. The topological polar surface area (TPSA) is 39.1 Å². The van der Waals surface area contributed by atoms with Gasteiger partial charge in [0.1, 0.15) is 0 Å². The van der Waals surface area contributed by atoms with Gasteiger partial charge in [-0.15, -0.1) is 11.3 Å². The van der Waals surface area contributed by atoms with Gasteiger partial charge in [-0.1, -0.05) is 75.0 Å². The van der Waals surface area contributed by atoms with E-state index < -0.39 is 0 Å². The Bertz CT molecular complexity index is 1060. The molecule has 2 aromatic heterocycles. The number of hydrogen-bond donors (Lipinski definition) is 0. The zero-order chi connectivity index (χ0) is 26.9. The summed E-state index contributed by atoms with van der Waals surface area (Å²) < 4.78 is 2.19. The third-order valence-electron chi connectivity index (χ3n) is 6.34. The third kappa shape index (κ3) is 7.39. The summed E-state index contributed by atoms with van der Waals surface area (Å²) in [5.74, 6) is 0.425. The van der Waals surface area contributed by atoms with Gasteiger partial charge in [0.05, 0.1) is 5.56 Å². The monoisotopic (exact) mass is 497 g/mol. The molecular formula is C31H47NO2S. The lowest BCUT2D eigenvalue weighted by molar-refractivity contribution is 0.0985. The number of carbonyl (C=O) groups excluding carboxylic acids is 1. The van der Waals surface area contributed by atoms with E-state index in [0.717, 1.165) is 28.8 Å². The minimum atomic E-state index is -0.191. The number of aromatic nitrogens is 1. The first-order valence-electron chi connectivity index (χ1n) is 13.3. The second-order valence-corrected chi connectivity index (χ2v) is 10.6. The maximum atomic E-state index is 13.0. The van der Waals surface area contributed by atoms with Crippen molar-refractivity contribution in [2.24, 2.45) is 11.3 Å². The van der Waals surface area contributed by atoms with Crippen LogP contribution in [0.5, 0.6) is 0 Å². The molecule has 0 aromatic carbocycles. The molecule has 1 fully saturated rings. The van der Waals surface area contributed by atoms with E-state index in [-0.39, 0.29) is 22.7 Å². The van der Waals surface area contributed by atoms with Gasteiger partial charge >= 0.3 is 0 Å². The quantitative estimate of drug-likeness (QED) is 0.269. The first kappa shape index (κ1) is 30.8. The minimum absolute atomic E-state index is 0.0258. The highest BCUT2D eigenvalue weighted by Gasteiger charge is 2.31. The molecule has 0 saturated heterocycles. The van der Waals surface area contributed by atoms with Crippen molar-refractivity contribution in [1.82, 2.24) is 4.57 Å². The van der Waals surface area contributed by atoms with Gasteiger partial charge in [-0.05, 0) is 65.7 Å². The van der Waals surface area contributed by atoms with E-state index in [9.17, 15) is 9.59 Å². The van der Waals surface area contributed by atoms with Gasteiger partial charge in [-0.2, -0.15) is 0 Å². The summed E-state index contributed by atoms with van der Waals surface area (Å²) in [6, 6.07) is 6.03. The number of Topliss-reactive ketones (excluding diaryl/α,β-unsaturated/α-hetero) is 1. The predicted molar refractivity (Wildman–Crippen MR) is 155 cm³/mol. The standard InChI is InChI=1S/C27H35NO2S.2C2H6/c1-8-22(29)20-16-28(25(9-2)27(5,6)7)21(15-23(20)30)18(4)26(17(3)19-12-13-19)24-11-10-14-31-24;2*1-2/h10-11,14-16,19,25H,3,8-9,12-13H2,1-2,4-7H3;2*1-2H3/b26-18-;;/t25-;;/m0../s1. The average molecular weight is 498 g/mol. The number of allylic oxidation sites excluding steroid dienone is 3. The minimum Gasteiger partial charge on any atom is -0.343 e. The summed E-state index contributed by atoms with van der Waals surface area (Å²) in [7, 11) is 0. The molecule has 0 unspecified atom stereocenters. The number of pyridine rings is 1. The summed E-state index contributed by atoms with van der Waals surface area (Å²) in [6.07, 6.45) is 5.41. The summed E-state index contributed by atoms with van der Waals surface area (Å²) in [6.45, 7) is 25.2. The average Bonchev–Trinajstić information content (AvgIpc) is 3.57. The van der Waals surface area contributed by atoms with Crippen LogP contribution in [0.1, 0.15) is 122 Å². The molecule has 0 amide bonds. The third-order valence-corrected chi connectivity index (χ3v) is 7.23. The fraction of sp³-hybridized carbons (Fsp3) is 0.548. The number of thiophene rings is 1. The SMILES string of the molecule is C=C(/C(=C(\C)c1cc(=O)c(C(=O)CC)cn1[C@@H](CC)C(C)(C)C)c1cccs1)C1CC1.CC.CC. The van der Waals surface area contributed by atoms with E-state index in [1.807, 2.05) is 33.9 Å². The summed E-state index contributed by atoms with van der Waals surface area (Å²) >= 11 is 1.71. The van der Waals surface area contributed by atoms with E-state index in [1.165, 1.54) is 17.7 Å². The fourth-order valence-electron chi connectivity index (χ4n) is 4.50. The number of hydrogen-bond acceptors (Lipinski definition) is 3. The molecule has 1 atom stereocenters. The number of rotatable bonds is 8. The molecule has 0 bridgehead atoms. The molecule has 0 radical (unpaired) electrons. The lowest BCUT2D eigenvalue weighted by atomic mass is 9.84. The molecule has 1 aliphatic rings. The highest BCUT2D eigenvalue weighted by molar-refractivity contribution is 7.11. The second kappa shape index (κ2) is 13.8. The molecule has 3 rings (SSSR count). The Kier molecular flexibility index (Phi) is 12.1. The van der Waals surface area contributed by atoms with E-state index in [0.29, 0.717) is 17.9 Å². The molecule has 0 N–H and O–H groups in total. The van der Waals surface area contributed by atoms with Gasteiger partial charge in [0.25, 0.3) is 0 Å². The normalized spacial score (nSPS) is 14.6. The molecule has 3 nitrogen and oxygen atoms in total. The van der Waals surface area contributed by atoms with Crippen LogP contribution >= 0.6 is 11.3 Å². The molecule has 2 heterocycles. The number of nitrogens with zero attached hydrogens (tertiary/aromatic N) is 1. The Morgan fingerprint density at radius 2 is 1.77 bits per heavy atom. The highest BCUT2D eigenvalue weighted by Crippen LogP contribution is 2.46. The molecule has 1 saturated carbocycles. The maximum absolute atomic E-state index is 13.0. The summed E-state index contributed by atoms with van der Waals surface area (Å²) in [5.41, 5.74) is 4.35. The maximum Gasteiger partial charge on any atom is 0.192 e. The predicted octanol–water partition coefficient (Wildman–Crippen LogP) is 9.45. The number of ketones is 1. The zero-order valence-electron chi connectivity index (χ0n) is 23.7. The lowest BCUT2D eigenvalue weighted by Gasteiger charge is -2.35. The Balaban J connectivity index is 0.00000145. The van der Waals surface area contributed by atoms with Crippen molar-refractivity contribution in [2.75, 3.05) is 0 Å². The molecule has 0 aliphatic heterocycles. The molecule has 0 spiro atoms. The Morgan fingerprint density at radius 3 is 2.20 bits per heavy atom. The van der Waals surface area contributed by atoms with Gasteiger partial charge in [0, 0.05) is 35.3 Å². The molecular weight excluding hydrogens is 450 g/mol. The van der Waals surface area contributed by atoms with Crippen LogP contribution in [0.2, 0.25) is 0 Å². The van der Waals surface area contributed by atoms with Crippen LogP contribution in [0.3, 0.4) is 0 Å². The summed E-state index contributed by atoms with van der Waals surface area (Å²) in [4.78, 5) is 26.7. The van der Waals surface area contributed by atoms with Gasteiger partial charge in [-0.3, -0.25) is 9.59 Å². The Hall–Kier alpha value is -2.20. The van der Waals surface area contributed by atoms with Crippen LogP contribution in [0.25, 0.3) is 11.1 Å². The van der Waals surface area contributed by atoms with E-state index >= 15 is 0 Å². The molecule has 4 heteroatoms. The van der Waals surface area contributed by atoms with Crippen LogP contribution < -0.4 is 5.43 Å². The van der Waals surface area contributed by atoms with Crippen molar-refractivity contribution < 1.29 is 4.79 Å². The summed E-state index contributed by atoms with van der Waals surface area (Å²) in [5, 5.41) is 2.09. The van der Waals surface area contributed by atoms with Crippen molar-refractivity contribution in [2.45, 2.75) is 101 Å². The van der Waals surface area contributed by atoms with Gasteiger partial charge in [0.2, 0.25) is 0 Å². The van der Waals surface area contributed by atoms with Crippen molar-refractivity contribution in [3.8, 4) is 0 Å². The Morgan fingerprint density at radius 1 is 1.17 bits per heavy atom. The van der Waals surface area contributed by atoms with Crippen molar-refractivity contribution in [3.63, 3.8) is 0 Å². The van der Waals surface area contributed by atoms with Crippen LogP contribution in [0, 0.1) is 11.3 Å².